The van der Waals surface area contributed by atoms with Crippen LogP contribution in [0.1, 0.15) is 27.7 Å². The highest BCUT2D eigenvalue weighted by atomic mass is 16.6. The van der Waals surface area contributed by atoms with Gasteiger partial charge < -0.3 is 29.8 Å². The first-order valence-electron chi connectivity index (χ1n) is 7.42. The lowest BCUT2D eigenvalue weighted by Gasteiger charge is -2.38. The van der Waals surface area contributed by atoms with Gasteiger partial charge in [-0.2, -0.15) is 0 Å². The second-order valence-corrected chi connectivity index (χ2v) is 5.46. The van der Waals surface area contributed by atoms with Crippen LogP contribution in [0.2, 0.25) is 0 Å². The van der Waals surface area contributed by atoms with Crippen LogP contribution in [0.4, 0.5) is 0 Å². The number of carbonyl (C=O) groups excluding carboxylic acids is 3. The summed E-state index contributed by atoms with van der Waals surface area (Å²) in [6.07, 6.45) is -3.49. The number of hydrogen-bond acceptors (Lipinski definition) is 9. The van der Waals surface area contributed by atoms with Crippen LogP contribution in [-0.4, -0.2) is 59.4 Å². The summed E-state index contributed by atoms with van der Waals surface area (Å²) in [6, 6.07) is -1.06. The van der Waals surface area contributed by atoms with Crippen LogP contribution in [0.3, 0.4) is 0 Å². The van der Waals surface area contributed by atoms with E-state index < -0.39 is 60.1 Å². The van der Waals surface area contributed by atoms with Crippen molar-refractivity contribution < 1.29 is 43.2 Å². The van der Waals surface area contributed by atoms with Gasteiger partial charge in [-0.25, -0.2) is 4.79 Å². The topological polar surface area (TPSA) is 151 Å². The minimum absolute atomic E-state index is 0.523. The summed E-state index contributed by atoms with van der Waals surface area (Å²) in [5.74, 6) is -3.98. The van der Waals surface area contributed by atoms with E-state index in [-0.39, 0.29) is 0 Å². The van der Waals surface area contributed by atoms with Gasteiger partial charge in [0.2, 0.25) is 5.76 Å². The van der Waals surface area contributed by atoms with Gasteiger partial charge in [0.1, 0.15) is 12.2 Å². The molecule has 0 aromatic carbocycles. The average Bonchev–Trinajstić information content (AvgIpc) is 2.45. The molecule has 0 radical (unpaired) electrons. The predicted octanol–water partition coefficient (Wildman–Crippen LogP) is -0.504. The third-order valence-corrected chi connectivity index (χ3v) is 3.29. The van der Waals surface area contributed by atoms with Crippen molar-refractivity contribution in [2.45, 2.75) is 58.2 Å². The summed E-state index contributed by atoms with van der Waals surface area (Å²) in [5.41, 5.74) is 6.01. The molecule has 10 heteroatoms. The van der Waals surface area contributed by atoms with Crippen LogP contribution in [0, 0.1) is 0 Å². The van der Waals surface area contributed by atoms with Crippen molar-refractivity contribution in [2.75, 3.05) is 0 Å². The minimum atomic E-state index is -1.42. The molecule has 1 rings (SSSR count). The van der Waals surface area contributed by atoms with Gasteiger partial charge in [0.15, 0.2) is 12.2 Å². The largest absolute Gasteiger partial charge is 0.477 e. The van der Waals surface area contributed by atoms with Crippen LogP contribution in [0.25, 0.3) is 0 Å². The zero-order valence-corrected chi connectivity index (χ0v) is 14.3. The molecule has 0 aromatic heterocycles. The van der Waals surface area contributed by atoms with Crippen molar-refractivity contribution in [3.05, 3.63) is 11.8 Å². The Morgan fingerprint density at radius 1 is 1.12 bits per heavy atom. The number of carbonyl (C=O) groups is 4. The number of carboxylic acids is 1. The molecule has 0 fully saturated rings. The van der Waals surface area contributed by atoms with Gasteiger partial charge in [0.05, 0.1) is 6.04 Å². The lowest BCUT2D eigenvalue weighted by Crippen LogP contribution is -2.58. The second-order valence-electron chi connectivity index (χ2n) is 5.46. The maximum atomic E-state index is 11.4. The van der Waals surface area contributed by atoms with Gasteiger partial charge in [-0.05, 0) is 6.92 Å². The van der Waals surface area contributed by atoms with Crippen molar-refractivity contribution in [1.29, 1.82) is 0 Å². The van der Waals surface area contributed by atoms with E-state index >= 15 is 0 Å². The van der Waals surface area contributed by atoms with Gasteiger partial charge in [-0.1, -0.05) is 0 Å². The number of aliphatic carboxylic acids is 1. The summed E-state index contributed by atoms with van der Waals surface area (Å²) in [7, 11) is 0. The molecule has 140 valence electrons. The van der Waals surface area contributed by atoms with Crippen LogP contribution in [0.5, 0.6) is 0 Å². The molecule has 0 aliphatic carbocycles. The van der Waals surface area contributed by atoms with Crippen LogP contribution < -0.4 is 5.73 Å². The normalized spacial score (nSPS) is 24.8. The Hall–Kier alpha value is -2.62. The smallest absolute Gasteiger partial charge is 0.370 e. The molecule has 1 aliphatic heterocycles. The molecule has 0 saturated carbocycles. The van der Waals surface area contributed by atoms with Gasteiger partial charge >= 0.3 is 23.9 Å². The summed E-state index contributed by atoms with van der Waals surface area (Å²) in [6.45, 7) is 4.85. The molecule has 0 bridgehead atoms. The lowest BCUT2D eigenvalue weighted by atomic mass is 9.94. The van der Waals surface area contributed by atoms with Crippen molar-refractivity contribution in [2.24, 2.45) is 5.73 Å². The molecule has 2 unspecified atom stereocenters. The first kappa shape index (κ1) is 20.4. The first-order valence-corrected chi connectivity index (χ1v) is 7.42. The Bertz CT molecular complexity index is 586. The highest BCUT2D eigenvalue weighted by molar-refractivity contribution is 5.84. The fourth-order valence-corrected chi connectivity index (χ4v) is 2.37. The number of nitrogens with two attached hydrogens (primary N) is 1. The zero-order valence-electron chi connectivity index (χ0n) is 14.3. The third kappa shape index (κ3) is 5.75. The fraction of sp³-hybridized carbons (Fsp3) is 0.600. The van der Waals surface area contributed by atoms with E-state index in [9.17, 15) is 24.3 Å². The highest BCUT2D eigenvalue weighted by Gasteiger charge is 2.45. The van der Waals surface area contributed by atoms with Crippen LogP contribution in [0.15, 0.2) is 11.8 Å². The van der Waals surface area contributed by atoms with Gasteiger partial charge in [-0.15, -0.1) is 0 Å². The molecular formula is C15H21NO9. The van der Waals surface area contributed by atoms with Crippen molar-refractivity contribution in [3.63, 3.8) is 0 Å². The molecule has 5 atom stereocenters. The molecule has 0 aromatic rings. The van der Waals surface area contributed by atoms with E-state index in [1.165, 1.54) is 6.92 Å². The second kappa shape index (κ2) is 8.47. The van der Waals surface area contributed by atoms with Crippen molar-refractivity contribution in [3.8, 4) is 0 Å². The number of carboxylic acid groups (broad SMARTS) is 1. The number of hydrogen-bond donors (Lipinski definition) is 2. The number of rotatable bonds is 6. The molecule has 3 N–H and O–H groups in total. The predicted molar refractivity (Wildman–Crippen MR) is 80.9 cm³/mol. The fourth-order valence-electron chi connectivity index (χ4n) is 2.37. The summed E-state index contributed by atoms with van der Waals surface area (Å²) >= 11 is 0. The van der Waals surface area contributed by atoms with Crippen LogP contribution in [-0.2, 0) is 38.1 Å². The first-order chi connectivity index (χ1) is 11.5. The third-order valence-electron chi connectivity index (χ3n) is 3.29. The lowest BCUT2D eigenvalue weighted by molar-refractivity contribution is -0.182. The van der Waals surface area contributed by atoms with E-state index in [2.05, 4.69) is 0 Å². The monoisotopic (exact) mass is 359 g/mol. The Kier molecular flexibility index (Phi) is 6.92. The van der Waals surface area contributed by atoms with E-state index in [0.717, 1.165) is 26.8 Å². The molecule has 1 aliphatic rings. The van der Waals surface area contributed by atoms with E-state index in [4.69, 9.17) is 24.7 Å². The molecule has 10 nitrogen and oxygen atoms in total. The Balaban J connectivity index is 3.19. The van der Waals surface area contributed by atoms with E-state index in [1.807, 2.05) is 0 Å². The van der Waals surface area contributed by atoms with Crippen molar-refractivity contribution >= 4 is 23.9 Å². The molecule has 0 amide bonds. The molecule has 0 saturated heterocycles. The Morgan fingerprint density at radius 3 is 2.12 bits per heavy atom. The summed E-state index contributed by atoms with van der Waals surface area (Å²) in [5, 5.41) is 9.17. The summed E-state index contributed by atoms with van der Waals surface area (Å²) < 4.78 is 20.4. The van der Waals surface area contributed by atoms with Gasteiger partial charge in [-0.3, -0.25) is 14.4 Å². The standard InChI is InChI=1S/C15H21NO9/c1-6(22-7(2)17)13(24-9(4)19)14-12(16)10(23-8(3)18)5-11(25-14)15(20)21/h5-6,10,12-14H,16H2,1-4H3,(H,20,21)/t6-,10?,12-,13-,14?/m1/s1. The molecular weight excluding hydrogens is 338 g/mol. The SMILES string of the molecule is CC(=O)OC1C=C(C(=O)O)OC([C@H](OC(C)=O)[C@@H](C)OC(C)=O)[C@@H]1N. The Morgan fingerprint density at radius 2 is 1.68 bits per heavy atom. The van der Waals surface area contributed by atoms with Crippen molar-refractivity contribution in [1.82, 2.24) is 0 Å². The molecule has 25 heavy (non-hydrogen) atoms. The van der Waals surface area contributed by atoms with E-state index in [1.54, 1.807) is 0 Å². The average molecular weight is 359 g/mol. The maximum absolute atomic E-state index is 11.4. The Labute approximate surface area is 143 Å². The summed E-state index contributed by atoms with van der Waals surface area (Å²) in [4.78, 5) is 45.1. The quantitative estimate of drug-likeness (QED) is 0.469. The number of esters is 3. The zero-order chi connectivity index (χ0) is 19.3. The van der Waals surface area contributed by atoms with E-state index in [0.29, 0.717) is 0 Å². The van der Waals surface area contributed by atoms with Gasteiger partial charge in [0.25, 0.3) is 0 Å². The van der Waals surface area contributed by atoms with Crippen LogP contribution >= 0.6 is 0 Å². The molecule has 0 spiro atoms. The minimum Gasteiger partial charge on any atom is -0.477 e. The number of ether oxygens (including phenoxy) is 4. The highest BCUT2D eigenvalue weighted by Crippen LogP contribution is 2.26. The molecule has 1 heterocycles. The maximum Gasteiger partial charge on any atom is 0.370 e. The van der Waals surface area contributed by atoms with Gasteiger partial charge in [0, 0.05) is 26.8 Å².